The Morgan fingerprint density at radius 2 is 2.25 bits per heavy atom. The zero-order valence-corrected chi connectivity index (χ0v) is 11.1. The summed E-state index contributed by atoms with van der Waals surface area (Å²) in [6.45, 7) is 1.45. The molecule has 0 atom stereocenters. The third-order valence-corrected chi connectivity index (χ3v) is 2.95. The van der Waals surface area contributed by atoms with E-state index in [2.05, 4.69) is 10.3 Å². The maximum absolute atomic E-state index is 13.0. The van der Waals surface area contributed by atoms with Gasteiger partial charge < -0.3 is 15.6 Å². The first-order chi connectivity index (χ1) is 9.66. The van der Waals surface area contributed by atoms with Crippen molar-refractivity contribution in [2.45, 2.75) is 19.4 Å². The van der Waals surface area contributed by atoms with Crippen molar-refractivity contribution in [1.29, 1.82) is 0 Å². The van der Waals surface area contributed by atoms with Crippen LogP contribution in [0.15, 0.2) is 36.9 Å². The summed E-state index contributed by atoms with van der Waals surface area (Å²) >= 11 is 0. The molecule has 2 aromatic rings. The van der Waals surface area contributed by atoms with E-state index in [1.807, 2.05) is 10.8 Å². The van der Waals surface area contributed by atoms with Crippen LogP contribution in [0.25, 0.3) is 0 Å². The van der Waals surface area contributed by atoms with E-state index in [1.54, 1.807) is 12.5 Å². The highest BCUT2D eigenvalue weighted by Crippen LogP contribution is 2.12. The second-order valence-corrected chi connectivity index (χ2v) is 4.50. The molecular formula is C14H17FN4O. The number of hydrogen-bond acceptors (Lipinski definition) is 3. The van der Waals surface area contributed by atoms with Crippen molar-refractivity contribution in [3.05, 3.63) is 48.3 Å². The number of hydrogen-bond donors (Lipinski definition) is 2. The second-order valence-electron chi connectivity index (χ2n) is 4.50. The molecule has 6 heteroatoms. The van der Waals surface area contributed by atoms with Gasteiger partial charge in [-0.25, -0.2) is 9.37 Å². The van der Waals surface area contributed by atoms with Gasteiger partial charge in [-0.1, -0.05) is 0 Å². The number of amides is 1. The molecule has 2 rings (SSSR count). The minimum Gasteiger partial charge on any atom is -0.396 e. The standard InChI is InChI=1S/C14H17FN4O/c15-12-4-3-11(9-13(12)16)14(20)18-5-1-2-7-19-8-6-17-10-19/h3-4,6,8-10H,1-2,5,7,16H2,(H,18,20). The van der Waals surface area contributed by atoms with Gasteiger partial charge >= 0.3 is 0 Å². The number of carbonyl (C=O) groups is 1. The second kappa shape index (κ2) is 6.70. The molecule has 3 N–H and O–H groups in total. The van der Waals surface area contributed by atoms with Gasteiger partial charge in [0.1, 0.15) is 5.82 Å². The monoisotopic (exact) mass is 276 g/mol. The van der Waals surface area contributed by atoms with E-state index < -0.39 is 5.82 Å². The van der Waals surface area contributed by atoms with Gasteiger partial charge in [0.25, 0.3) is 5.91 Å². The van der Waals surface area contributed by atoms with E-state index in [-0.39, 0.29) is 11.6 Å². The van der Waals surface area contributed by atoms with Gasteiger partial charge in [-0.15, -0.1) is 0 Å². The molecule has 106 valence electrons. The number of nitrogens with zero attached hydrogens (tertiary/aromatic N) is 2. The Kier molecular flexibility index (Phi) is 4.70. The number of aryl methyl sites for hydroxylation is 1. The molecule has 0 fully saturated rings. The Labute approximate surface area is 116 Å². The quantitative estimate of drug-likeness (QED) is 0.624. The third-order valence-electron chi connectivity index (χ3n) is 2.95. The maximum atomic E-state index is 13.0. The molecule has 0 aliphatic carbocycles. The molecule has 0 bridgehead atoms. The van der Waals surface area contributed by atoms with Crippen LogP contribution in [0.2, 0.25) is 0 Å². The van der Waals surface area contributed by atoms with Crippen LogP contribution in [0.1, 0.15) is 23.2 Å². The van der Waals surface area contributed by atoms with E-state index in [0.29, 0.717) is 12.1 Å². The van der Waals surface area contributed by atoms with Gasteiger partial charge in [-0.2, -0.15) is 0 Å². The number of aromatic nitrogens is 2. The Hall–Kier alpha value is -2.37. The number of nitrogen functional groups attached to an aromatic ring is 1. The van der Waals surface area contributed by atoms with E-state index in [1.165, 1.54) is 18.2 Å². The van der Waals surface area contributed by atoms with E-state index in [4.69, 9.17) is 5.73 Å². The number of anilines is 1. The lowest BCUT2D eigenvalue weighted by atomic mass is 10.2. The van der Waals surface area contributed by atoms with E-state index >= 15 is 0 Å². The minimum atomic E-state index is -0.512. The first-order valence-electron chi connectivity index (χ1n) is 6.46. The molecule has 0 aliphatic heterocycles. The van der Waals surface area contributed by atoms with Gasteiger partial charge in [0.15, 0.2) is 0 Å². The van der Waals surface area contributed by atoms with E-state index in [9.17, 15) is 9.18 Å². The SMILES string of the molecule is Nc1cc(C(=O)NCCCCn2ccnc2)ccc1F. The van der Waals surface area contributed by atoms with Crippen molar-refractivity contribution < 1.29 is 9.18 Å². The summed E-state index contributed by atoms with van der Waals surface area (Å²) in [6.07, 6.45) is 7.21. The van der Waals surface area contributed by atoms with Crippen LogP contribution in [0.5, 0.6) is 0 Å². The number of nitrogens with one attached hydrogen (secondary N) is 1. The number of unbranched alkanes of at least 4 members (excludes halogenated alkanes) is 1. The lowest BCUT2D eigenvalue weighted by Gasteiger charge is -2.06. The Morgan fingerprint density at radius 3 is 2.95 bits per heavy atom. The molecule has 0 saturated heterocycles. The topological polar surface area (TPSA) is 72.9 Å². The average Bonchev–Trinajstić information content (AvgIpc) is 2.94. The fourth-order valence-electron chi connectivity index (χ4n) is 1.83. The van der Waals surface area contributed by atoms with Crippen LogP contribution < -0.4 is 11.1 Å². The number of carbonyl (C=O) groups excluding carboxylic acids is 1. The van der Waals surface area contributed by atoms with Gasteiger partial charge in [0, 0.05) is 31.0 Å². The van der Waals surface area contributed by atoms with E-state index in [0.717, 1.165) is 19.4 Å². The average molecular weight is 276 g/mol. The van der Waals surface area contributed by atoms with Gasteiger partial charge in [-0.3, -0.25) is 4.79 Å². The molecule has 0 radical (unpaired) electrons. The summed E-state index contributed by atoms with van der Waals surface area (Å²) < 4.78 is 15.0. The Bertz CT molecular complexity index is 569. The smallest absolute Gasteiger partial charge is 0.251 e. The molecule has 1 aromatic heterocycles. The van der Waals surface area contributed by atoms with Crippen molar-refractivity contribution in [3.8, 4) is 0 Å². The zero-order chi connectivity index (χ0) is 14.4. The molecule has 0 unspecified atom stereocenters. The van der Waals surface area contributed by atoms with Crippen LogP contribution >= 0.6 is 0 Å². The fraction of sp³-hybridized carbons (Fsp3) is 0.286. The molecule has 20 heavy (non-hydrogen) atoms. The molecule has 1 aromatic carbocycles. The highest BCUT2D eigenvalue weighted by molar-refractivity contribution is 5.94. The van der Waals surface area contributed by atoms with Crippen molar-refractivity contribution in [2.24, 2.45) is 0 Å². The number of nitrogens with two attached hydrogens (primary N) is 1. The fourth-order valence-corrected chi connectivity index (χ4v) is 1.83. The molecule has 1 amide bonds. The predicted molar refractivity (Wildman–Crippen MR) is 74.6 cm³/mol. The first-order valence-corrected chi connectivity index (χ1v) is 6.46. The highest BCUT2D eigenvalue weighted by atomic mass is 19.1. The van der Waals surface area contributed by atoms with Gasteiger partial charge in [-0.05, 0) is 31.0 Å². The van der Waals surface area contributed by atoms with Crippen molar-refractivity contribution in [3.63, 3.8) is 0 Å². The van der Waals surface area contributed by atoms with Gasteiger partial charge in [0.2, 0.25) is 0 Å². The number of halogens is 1. The summed E-state index contributed by atoms with van der Waals surface area (Å²) in [7, 11) is 0. The van der Waals surface area contributed by atoms with Crippen molar-refractivity contribution in [1.82, 2.24) is 14.9 Å². The summed E-state index contributed by atoms with van der Waals surface area (Å²) in [5, 5.41) is 2.78. The van der Waals surface area contributed by atoms with Crippen LogP contribution in [0.3, 0.4) is 0 Å². The molecule has 1 heterocycles. The minimum absolute atomic E-state index is 0.0160. The molecule has 0 spiro atoms. The summed E-state index contributed by atoms with van der Waals surface area (Å²) in [6, 6.07) is 3.96. The van der Waals surface area contributed by atoms with Crippen LogP contribution in [0, 0.1) is 5.82 Å². The molecule has 0 aliphatic rings. The maximum Gasteiger partial charge on any atom is 0.251 e. The predicted octanol–water partition coefficient (Wildman–Crippen LogP) is 1.81. The third kappa shape index (κ3) is 3.81. The normalized spacial score (nSPS) is 10.4. The molecule has 5 nitrogen and oxygen atoms in total. The Balaban J connectivity index is 1.70. The first kappa shape index (κ1) is 14.0. The molecular weight excluding hydrogens is 259 g/mol. The Morgan fingerprint density at radius 1 is 1.40 bits per heavy atom. The van der Waals surface area contributed by atoms with Crippen LogP contribution in [-0.4, -0.2) is 22.0 Å². The molecule has 0 saturated carbocycles. The number of rotatable bonds is 6. The summed E-state index contributed by atoms with van der Waals surface area (Å²) in [5.74, 6) is -0.749. The highest BCUT2D eigenvalue weighted by Gasteiger charge is 2.07. The van der Waals surface area contributed by atoms with Gasteiger partial charge in [0.05, 0.1) is 12.0 Å². The van der Waals surface area contributed by atoms with Crippen molar-refractivity contribution in [2.75, 3.05) is 12.3 Å². The largest absolute Gasteiger partial charge is 0.396 e. The summed E-state index contributed by atoms with van der Waals surface area (Å²) in [4.78, 5) is 15.8. The van der Waals surface area contributed by atoms with Crippen molar-refractivity contribution >= 4 is 11.6 Å². The van der Waals surface area contributed by atoms with Crippen LogP contribution in [0.4, 0.5) is 10.1 Å². The lowest BCUT2D eigenvalue weighted by molar-refractivity contribution is 0.0953. The zero-order valence-electron chi connectivity index (χ0n) is 11.1. The summed E-state index contributed by atoms with van der Waals surface area (Å²) in [5.41, 5.74) is 5.78. The lowest BCUT2D eigenvalue weighted by Crippen LogP contribution is -2.24. The number of benzene rings is 1. The number of imidazole rings is 1. The van der Waals surface area contributed by atoms with Crippen LogP contribution in [-0.2, 0) is 6.54 Å².